The number of nitrogens with one attached hydrogen (secondary N) is 1. The van der Waals surface area contributed by atoms with Crippen molar-refractivity contribution in [2.75, 3.05) is 11.9 Å². The molecule has 1 heterocycles. The molecule has 3 rings (SSSR count). The minimum absolute atomic E-state index is 0.0376. The molecular weight excluding hydrogens is 226 g/mol. The Morgan fingerprint density at radius 3 is 2.56 bits per heavy atom. The van der Waals surface area contributed by atoms with Crippen molar-refractivity contribution in [2.24, 2.45) is 5.73 Å². The van der Waals surface area contributed by atoms with E-state index in [2.05, 4.69) is 20.5 Å². The van der Waals surface area contributed by atoms with Crippen molar-refractivity contribution in [2.45, 2.75) is 31.2 Å². The highest BCUT2D eigenvalue weighted by Crippen LogP contribution is 2.31. The molecule has 5 nitrogen and oxygen atoms in total. The van der Waals surface area contributed by atoms with Crippen LogP contribution in [0.5, 0.6) is 0 Å². The van der Waals surface area contributed by atoms with E-state index in [0.29, 0.717) is 12.5 Å². The quantitative estimate of drug-likeness (QED) is 0.858. The summed E-state index contributed by atoms with van der Waals surface area (Å²) in [6, 6.07) is 7.74. The number of aromatic nitrogens is 3. The van der Waals surface area contributed by atoms with Crippen molar-refractivity contribution in [3.05, 3.63) is 24.3 Å². The van der Waals surface area contributed by atoms with E-state index in [1.165, 1.54) is 12.8 Å². The lowest BCUT2D eigenvalue weighted by Crippen LogP contribution is -2.43. The molecule has 1 fully saturated rings. The first kappa shape index (κ1) is 11.3. The molecule has 0 spiro atoms. The molecule has 2 aromatic rings. The second-order valence-electron chi connectivity index (χ2n) is 4.94. The van der Waals surface area contributed by atoms with Gasteiger partial charge in [-0.2, -0.15) is 0 Å². The van der Waals surface area contributed by atoms with E-state index in [-0.39, 0.29) is 5.54 Å². The lowest BCUT2D eigenvalue weighted by atomic mass is 9.98. The third kappa shape index (κ3) is 2.01. The van der Waals surface area contributed by atoms with E-state index in [1.54, 1.807) is 0 Å². The number of nitrogens with two attached hydrogens (primary N) is 1. The Labute approximate surface area is 106 Å². The van der Waals surface area contributed by atoms with E-state index in [4.69, 9.17) is 5.73 Å². The maximum absolute atomic E-state index is 5.89. The number of nitrogens with zero attached hydrogens (tertiary/aromatic N) is 3. The first-order chi connectivity index (χ1) is 8.81. The second-order valence-corrected chi connectivity index (χ2v) is 4.94. The fourth-order valence-corrected chi connectivity index (χ4v) is 2.60. The van der Waals surface area contributed by atoms with Gasteiger partial charge in [0.2, 0.25) is 5.95 Å². The van der Waals surface area contributed by atoms with E-state index in [9.17, 15) is 0 Å². The highest BCUT2D eigenvalue weighted by Gasteiger charge is 2.33. The fraction of sp³-hybridized carbons (Fsp3) is 0.462. The van der Waals surface area contributed by atoms with Crippen LogP contribution in [0.3, 0.4) is 0 Å². The average molecular weight is 243 g/mol. The molecule has 1 aliphatic carbocycles. The summed E-state index contributed by atoms with van der Waals surface area (Å²) in [6.07, 6.45) is 4.59. The second kappa shape index (κ2) is 4.49. The minimum Gasteiger partial charge on any atom is -0.346 e. The standard InChI is InChI=1S/C13H17N5/c14-9-13(7-3-4-8-13)16-12-15-10-5-1-2-6-11(10)17-18-12/h1-2,5-6H,3-4,7-9,14H2,(H,15,16,18). The molecule has 1 saturated carbocycles. The van der Waals surface area contributed by atoms with Crippen LogP contribution < -0.4 is 11.1 Å². The average Bonchev–Trinajstić information content (AvgIpc) is 2.88. The summed E-state index contributed by atoms with van der Waals surface area (Å²) in [5.41, 5.74) is 7.53. The van der Waals surface area contributed by atoms with Crippen LogP contribution >= 0.6 is 0 Å². The minimum atomic E-state index is -0.0376. The summed E-state index contributed by atoms with van der Waals surface area (Å²) in [5, 5.41) is 11.7. The molecule has 94 valence electrons. The molecule has 18 heavy (non-hydrogen) atoms. The van der Waals surface area contributed by atoms with Crippen molar-refractivity contribution >= 4 is 17.0 Å². The lowest BCUT2D eigenvalue weighted by molar-refractivity contribution is 0.488. The largest absolute Gasteiger partial charge is 0.346 e. The molecule has 0 bridgehead atoms. The molecule has 3 N–H and O–H groups in total. The van der Waals surface area contributed by atoms with Crippen LogP contribution in [-0.4, -0.2) is 27.3 Å². The fourth-order valence-electron chi connectivity index (χ4n) is 2.60. The first-order valence-electron chi connectivity index (χ1n) is 6.39. The number of hydrogen-bond donors (Lipinski definition) is 2. The summed E-state index contributed by atoms with van der Waals surface area (Å²) < 4.78 is 0. The van der Waals surface area contributed by atoms with Crippen LogP contribution in [-0.2, 0) is 0 Å². The van der Waals surface area contributed by atoms with Gasteiger partial charge in [-0.25, -0.2) is 4.98 Å². The zero-order chi connectivity index (χ0) is 12.4. The van der Waals surface area contributed by atoms with Gasteiger partial charge in [0.1, 0.15) is 5.52 Å². The van der Waals surface area contributed by atoms with Gasteiger partial charge in [0.05, 0.1) is 11.1 Å². The summed E-state index contributed by atoms with van der Waals surface area (Å²) in [5.74, 6) is 0.584. The van der Waals surface area contributed by atoms with E-state index < -0.39 is 0 Å². The maximum atomic E-state index is 5.89. The van der Waals surface area contributed by atoms with Gasteiger partial charge in [0, 0.05) is 6.54 Å². The van der Waals surface area contributed by atoms with Gasteiger partial charge in [-0.3, -0.25) is 0 Å². The van der Waals surface area contributed by atoms with Gasteiger partial charge >= 0.3 is 0 Å². The van der Waals surface area contributed by atoms with Gasteiger partial charge in [-0.1, -0.05) is 25.0 Å². The van der Waals surface area contributed by atoms with Gasteiger partial charge in [-0.15, -0.1) is 10.2 Å². The highest BCUT2D eigenvalue weighted by molar-refractivity contribution is 5.74. The Morgan fingerprint density at radius 2 is 1.83 bits per heavy atom. The van der Waals surface area contributed by atoms with E-state index in [0.717, 1.165) is 23.9 Å². The number of benzene rings is 1. The van der Waals surface area contributed by atoms with Crippen LogP contribution in [0.4, 0.5) is 5.95 Å². The van der Waals surface area contributed by atoms with Crippen LogP contribution in [0.2, 0.25) is 0 Å². The molecule has 0 saturated heterocycles. The molecule has 0 unspecified atom stereocenters. The predicted octanol–water partition coefficient (Wildman–Crippen LogP) is 1.71. The molecular formula is C13H17N5. The number of anilines is 1. The Hall–Kier alpha value is -1.75. The van der Waals surface area contributed by atoms with E-state index in [1.807, 2.05) is 24.3 Å². The SMILES string of the molecule is NCC1(Nc2nnc3ccccc3n2)CCCC1. The first-order valence-corrected chi connectivity index (χ1v) is 6.39. The Morgan fingerprint density at radius 1 is 1.11 bits per heavy atom. The monoisotopic (exact) mass is 243 g/mol. The number of fused-ring (bicyclic) bond motifs is 1. The normalized spacial score (nSPS) is 18.1. The smallest absolute Gasteiger partial charge is 0.243 e. The third-order valence-electron chi connectivity index (χ3n) is 3.69. The van der Waals surface area contributed by atoms with Gasteiger partial charge in [0.25, 0.3) is 0 Å². The molecule has 1 aliphatic rings. The van der Waals surface area contributed by atoms with Crippen LogP contribution in [0.25, 0.3) is 11.0 Å². The molecule has 0 aliphatic heterocycles. The Bertz CT molecular complexity index is 548. The van der Waals surface area contributed by atoms with Crippen LogP contribution in [0.15, 0.2) is 24.3 Å². The molecule has 0 amide bonds. The molecule has 1 aromatic carbocycles. The van der Waals surface area contributed by atoms with Crippen molar-refractivity contribution in [1.82, 2.24) is 15.2 Å². The number of hydrogen-bond acceptors (Lipinski definition) is 5. The predicted molar refractivity (Wildman–Crippen MR) is 71.2 cm³/mol. The molecule has 0 radical (unpaired) electrons. The van der Waals surface area contributed by atoms with E-state index >= 15 is 0 Å². The molecule has 5 heteroatoms. The Kier molecular flexibility index (Phi) is 2.83. The van der Waals surface area contributed by atoms with Crippen molar-refractivity contribution in [3.63, 3.8) is 0 Å². The zero-order valence-corrected chi connectivity index (χ0v) is 10.3. The Balaban J connectivity index is 1.90. The van der Waals surface area contributed by atoms with Gasteiger partial charge in [-0.05, 0) is 25.0 Å². The van der Waals surface area contributed by atoms with Crippen LogP contribution in [0.1, 0.15) is 25.7 Å². The number of para-hydroxylation sites is 1. The van der Waals surface area contributed by atoms with Crippen molar-refractivity contribution in [1.29, 1.82) is 0 Å². The topological polar surface area (TPSA) is 76.7 Å². The summed E-state index contributed by atoms with van der Waals surface area (Å²) in [7, 11) is 0. The summed E-state index contributed by atoms with van der Waals surface area (Å²) >= 11 is 0. The van der Waals surface area contributed by atoms with Gasteiger partial charge < -0.3 is 11.1 Å². The zero-order valence-electron chi connectivity index (χ0n) is 10.3. The van der Waals surface area contributed by atoms with Crippen LogP contribution in [0, 0.1) is 0 Å². The summed E-state index contributed by atoms with van der Waals surface area (Å²) in [6.45, 7) is 0.614. The van der Waals surface area contributed by atoms with Crippen molar-refractivity contribution < 1.29 is 0 Å². The maximum Gasteiger partial charge on any atom is 0.243 e. The van der Waals surface area contributed by atoms with Crippen molar-refractivity contribution in [3.8, 4) is 0 Å². The molecule has 1 aromatic heterocycles. The van der Waals surface area contributed by atoms with Gasteiger partial charge in [0.15, 0.2) is 0 Å². The summed E-state index contributed by atoms with van der Waals surface area (Å²) in [4.78, 5) is 4.49. The highest BCUT2D eigenvalue weighted by atomic mass is 15.3. The third-order valence-corrected chi connectivity index (χ3v) is 3.69. The lowest BCUT2D eigenvalue weighted by Gasteiger charge is -2.28. The number of rotatable bonds is 3. The molecule has 0 atom stereocenters.